The van der Waals surface area contributed by atoms with E-state index in [-0.39, 0.29) is 0 Å². The molecule has 4 unspecified atom stereocenters. The lowest BCUT2D eigenvalue weighted by molar-refractivity contribution is -0.149. The lowest BCUT2D eigenvalue weighted by Gasteiger charge is -2.30. The Morgan fingerprint density at radius 2 is 2.15 bits per heavy atom. The van der Waals surface area contributed by atoms with Crippen molar-refractivity contribution < 1.29 is 9.90 Å². The Labute approximate surface area is 165 Å². The van der Waals surface area contributed by atoms with Crippen molar-refractivity contribution in [3.8, 4) is 12.3 Å². The van der Waals surface area contributed by atoms with Crippen LogP contribution >= 0.6 is 0 Å². The number of carboxylic acid groups (broad SMARTS) is 1. The average Bonchev–Trinajstić information content (AvgIpc) is 3.01. The predicted molar refractivity (Wildman–Crippen MR) is 112 cm³/mol. The zero-order chi connectivity index (χ0) is 19.7. The molecule has 1 N–H and O–H groups in total. The Morgan fingerprint density at radius 3 is 2.81 bits per heavy atom. The van der Waals surface area contributed by atoms with Crippen LogP contribution in [0.1, 0.15) is 58.8 Å². The molecule has 0 spiro atoms. The van der Waals surface area contributed by atoms with Gasteiger partial charge in [0.2, 0.25) is 0 Å². The summed E-state index contributed by atoms with van der Waals surface area (Å²) in [5.41, 5.74) is -0.486. The Hall–Kier alpha value is -1.79. The van der Waals surface area contributed by atoms with Crippen LogP contribution < -0.4 is 0 Å². The first-order valence-electron chi connectivity index (χ1n) is 10.4. The molecule has 4 atom stereocenters. The van der Waals surface area contributed by atoms with E-state index in [4.69, 9.17) is 6.42 Å². The normalized spacial score (nSPS) is 33.0. The first-order chi connectivity index (χ1) is 13.0. The van der Waals surface area contributed by atoms with E-state index in [1.807, 2.05) is 19.1 Å². The summed E-state index contributed by atoms with van der Waals surface area (Å²) in [6, 6.07) is 0.442. The van der Waals surface area contributed by atoms with E-state index in [1.165, 1.54) is 12.8 Å². The molecular formula is C24H35NO2. The summed E-state index contributed by atoms with van der Waals surface area (Å²) < 4.78 is 0. The zero-order valence-corrected chi connectivity index (χ0v) is 16.9. The first-order valence-corrected chi connectivity index (χ1v) is 10.4. The molecule has 3 heteroatoms. The average molecular weight is 370 g/mol. The minimum absolute atomic E-state index is 0.442. The fourth-order valence-electron chi connectivity index (χ4n) is 4.73. The molecule has 2 aliphatic rings. The van der Waals surface area contributed by atoms with Gasteiger partial charge in [-0.2, -0.15) is 0 Å². The van der Waals surface area contributed by atoms with Crippen molar-refractivity contribution in [3.63, 3.8) is 0 Å². The van der Waals surface area contributed by atoms with Crippen molar-refractivity contribution in [1.82, 2.24) is 4.90 Å². The van der Waals surface area contributed by atoms with Gasteiger partial charge in [-0.3, -0.25) is 4.79 Å². The third-order valence-electron chi connectivity index (χ3n) is 6.39. The van der Waals surface area contributed by atoms with Gasteiger partial charge in [-0.25, -0.2) is 0 Å². The summed E-state index contributed by atoms with van der Waals surface area (Å²) in [5.74, 6) is 3.15. The highest BCUT2D eigenvalue weighted by Crippen LogP contribution is 2.44. The van der Waals surface area contributed by atoms with Gasteiger partial charge in [0.15, 0.2) is 0 Å². The highest BCUT2D eigenvalue weighted by molar-refractivity contribution is 5.75. The van der Waals surface area contributed by atoms with Crippen molar-refractivity contribution in [3.05, 3.63) is 36.5 Å². The first kappa shape index (κ1) is 21.5. The largest absolute Gasteiger partial charge is 0.481 e. The summed E-state index contributed by atoms with van der Waals surface area (Å²) in [5, 5.41) is 9.67. The van der Waals surface area contributed by atoms with Gasteiger partial charge in [-0.05, 0) is 69.4 Å². The molecule has 3 nitrogen and oxygen atoms in total. The van der Waals surface area contributed by atoms with Gasteiger partial charge in [0.25, 0.3) is 0 Å². The molecule has 0 amide bonds. The van der Waals surface area contributed by atoms with Crippen LogP contribution in [0.3, 0.4) is 0 Å². The standard InChI is InChI=1S/C24H35NO2/c1-4-6-7-8-9-10-11-12-21-14-16-25(19-20(3)17-21)22-13-15-24(5-2,18-22)23(26)27/h1,6-9,11-12,20-22H,5,10,13-19H2,2-3H3,(H,26,27)/b7-6-,9-8-,12-11-. The Balaban J connectivity index is 1.87. The lowest BCUT2D eigenvalue weighted by atomic mass is 9.83. The summed E-state index contributed by atoms with van der Waals surface area (Å²) in [6.07, 6.45) is 24.2. The minimum Gasteiger partial charge on any atom is -0.481 e. The summed E-state index contributed by atoms with van der Waals surface area (Å²) in [7, 11) is 0. The fourth-order valence-corrected chi connectivity index (χ4v) is 4.73. The van der Waals surface area contributed by atoms with E-state index in [0.29, 0.717) is 17.9 Å². The van der Waals surface area contributed by atoms with Gasteiger partial charge in [0.1, 0.15) is 0 Å². The van der Waals surface area contributed by atoms with Gasteiger partial charge in [-0.1, -0.05) is 50.1 Å². The number of allylic oxidation sites excluding steroid dienone is 6. The lowest BCUT2D eigenvalue weighted by Crippen LogP contribution is -2.38. The van der Waals surface area contributed by atoms with Gasteiger partial charge in [0.05, 0.1) is 5.41 Å². The molecule has 0 aromatic carbocycles. The van der Waals surface area contributed by atoms with E-state index in [2.05, 4.69) is 36.0 Å². The second-order valence-electron chi connectivity index (χ2n) is 8.34. The molecule has 1 heterocycles. The van der Waals surface area contributed by atoms with E-state index in [0.717, 1.165) is 45.2 Å². The van der Waals surface area contributed by atoms with E-state index < -0.39 is 11.4 Å². The number of hydrogen-bond donors (Lipinski definition) is 1. The van der Waals surface area contributed by atoms with Crippen LogP contribution in [0.25, 0.3) is 0 Å². The van der Waals surface area contributed by atoms with E-state index in [9.17, 15) is 9.90 Å². The molecule has 0 bridgehead atoms. The number of nitrogens with zero attached hydrogens (tertiary/aromatic N) is 1. The Kier molecular flexibility index (Phi) is 8.38. The summed E-state index contributed by atoms with van der Waals surface area (Å²) in [6.45, 7) is 6.55. The number of rotatable bonds is 7. The highest BCUT2D eigenvalue weighted by atomic mass is 16.4. The monoisotopic (exact) mass is 369 g/mol. The molecule has 2 fully saturated rings. The van der Waals surface area contributed by atoms with Crippen LogP contribution in [-0.2, 0) is 4.79 Å². The molecule has 0 radical (unpaired) electrons. The van der Waals surface area contributed by atoms with Gasteiger partial charge >= 0.3 is 5.97 Å². The molecule has 1 aliphatic carbocycles. The Morgan fingerprint density at radius 1 is 1.33 bits per heavy atom. The van der Waals surface area contributed by atoms with Crippen LogP contribution in [0.4, 0.5) is 0 Å². The molecule has 0 aromatic heterocycles. The maximum absolute atomic E-state index is 11.7. The molecule has 0 aromatic rings. The van der Waals surface area contributed by atoms with Crippen molar-refractivity contribution in [2.24, 2.45) is 17.3 Å². The molecule has 1 saturated carbocycles. The quantitative estimate of drug-likeness (QED) is 0.387. The SMILES string of the molecule is C#C/C=C\C=C/C/C=C\C1CCN(C2CCC(CC)(C(=O)O)C2)CC(C)C1. The van der Waals surface area contributed by atoms with Crippen LogP contribution in [-0.4, -0.2) is 35.1 Å². The maximum atomic E-state index is 11.7. The highest BCUT2D eigenvalue weighted by Gasteiger charge is 2.45. The number of carboxylic acids is 1. The minimum atomic E-state index is -0.596. The fraction of sp³-hybridized carbons (Fsp3) is 0.625. The second-order valence-corrected chi connectivity index (χ2v) is 8.34. The molecule has 1 saturated heterocycles. The van der Waals surface area contributed by atoms with E-state index in [1.54, 1.807) is 6.08 Å². The van der Waals surface area contributed by atoms with Gasteiger partial charge in [-0.15, -0.1) is 6.42 Å². The number of terminal acetylenes is 1. The molecule has 27 heavy (non-hydrogen) atoms. The van der Waals surface area contributed by atoms with Gasteiger partial charge < -0.3 is 10.0 Å². The molecule has 1 aliphatic heterocycles. The van der Waals surface area contributed by atoms with Gasteiger partial charge in [0, 0.05) is 12.6 Å². The zero-order valence-electron chi connectivity index (χ0n) is 16.9. The number of hydrogen-bond acceptors (Lipinski definition) is 2. The number of carbonyl (C=O) groups is 1. The summed E-state index contributed by atoms with van der Waals surface area (Å²) >= 11 is 0. The van der Waals surface area contributed by atoms with Crippen LogP contribution in [0.5, 0.6) is 0 Å². The topological polar surface area (TPSA) is 40.5 Å². The van der Waals surface area contributed by atoms with E-state index >= 15 is 0 Å². The third-order valence-corrected chi connectivity index (χ3v) is 6.39. The maximum Gasteiger partial charge on any atom is 0.309 e. The van der Waals surface area contributed by atoms with Crippen LogP contribution in [0.15, 0.2) is 36.5 Å². The summed E-state index contributed by atoms with van der Waals surface area (Å²) in [4.78, 5) is 14.3. The molecule has 2 rings (SSSR count). The number of aliphatic carboxylic acids is 1. The predicted octanol–water partition coefficient (Wildman–Crippen LogP) is 5.06. The molecule has 148 valence electrons. The smallest absolute Gasteiger partial charge is 0.309 e. The van der Waals surface area contributed by atoms with Crippen LogP contribution in [0, 0.1) is 29.6 Å². The van der Waals surface area contributed by atoms with Crippen molar-refractivity contribution >= 4 is 5.97 Å². The van der Waals surface area contributed by atoms with Crippen molar-refractivity contribution in [2.75, 3.05) is 13.1 Å². The Bertz CT molecular complexity index is 612. The third kappa shape index (κ3) is 6.11. The van der Waals surface area contributed by atoms with Crippen molar-refractivity contribution in [2.45, 2.75) is 64.8 Å². The molecular weight excluding hydrogens is 334 g/mol. The second kappa shape index (κ2) is 10.5. The number of likely N-dealkylation sites (tertiary alicyclic amines) is 1. The van der Waals surface area contributed by atoms with Crippen molar-refractivity contribution in [1.29, 1.82) is 0 Å². The van der Waals surface area contributed by atoms with Crippen LogP contribution in [0.2, 0.25) is 0 Å².